The van der Waals surface area contributed by atoms with Crippen LogP contribution in [0.25, 0.3) is 16.2 Å². The predicted octanol–water partition coefficient (Wildman–Crippen LogP) is 3.88. The van der Waals surface area contributed by atoms with Gasteiger partial charge in [-0.15, -0.1) is 0 Å². The Labute approximate surface area is 187 Å². The van der Waals surface area contributed by atoms with Crippen molar-refractivity contribution in [2.45, 2.75) is 6.42 Å². The fourth-order valence-electron chi connectivity index (χ4n) is 4.39. The third-order valence-corrected chi connectivity index (χ3v) is 7.17. The summed E-state index contributed by atoms with van der Waals surface area (Å²) >= 11 is 1.59. The summed E-state index contributed by atoms with van der Waals surface area (Å²) in [6.45, 7) is 6.17. The fraction of sp³-hybridized carbons (Fsp3) is 0.360. The van der Waals surface area contributed by atoms with Crippen molar-refractivity contribution in [2.24, 2.45) is 11.8 Å². The van der Waals surface area contributed by atoms with Gasteiger partial charge in [-0.25, -0.2) is 0 Å². The number of hydrogen-bond donors (Lipinski definition) is 1. The summed E-state index contributed by atoms with van der Waals surface area (Å²) in [6, 6.07) is 18.4. The van der Waals surface area contributed by atoms with Gasteiger partial charge in [0, 0.05) is 50.7 Å². The molecule has 1 amide bonds. The van der Waals surface area contributed by atoms with Crippen molar-refractivity contribution in [1.82, 2.24) is 14.6 Å². The van der Waals surface area contributed by atoms with E-state index in [1.165, 1.54) is 16.5 Å². The lowest BCUT2D eigenvalue weighted by Gasteiger charge is -2.35. The van der Waals surface area contributed by atoms with Crippen LogP contribution in [-0.4, -0.2) is 54.4 Å². The Hall–Kier alpha value is -2.70. The second-order valence-electron chi connectivity index (χ2n) is 8.54. The molecule has 1 aliphatic carbocycles. The molecule has 2 aromatic carbocycles. The largest absolute Gasteiger partial charge is 0.353 e. The molecule has 5 nitrogen and oxygen atoms in total. The van der Waals surface area contributed by atoms with Crippen LogP contribution in [-0.2, 0) is 4.79 Å². The number of aromatic nitrogens is 1. The molecule has 0 spiro atoms. The van der Waals surface area contributed by atoms with Gasteiger partial charge in [-0.05, 0) is 53.6 Å². The van der Waals surface area contributed by atoms with Gasteiger partial charge in [0.1, 0.15) is 5.82 Å². The van der Waals surface area contributed by atoms with Gasteiger partial charge in [-0.3, -0.25) is 9.69 Å². The van der Waals surface area contributed by atoms with Gasteiger partial charge < -0.3 is 10.2 Å². The first-order valence-corrected chi connectivity index (χ1v) is 11.9. The van der Waals surface area contributed by atoms with E-state index in [4.69, 9.17) is 4.37 Å². The van der Waals surface area contributed by atoms with Crippen LogP contribution in [0.15, 0.2) is 60.7 Å². The van der Waals surface area contributed by atoms with Crippen LogP contribution in [0.4, 0.5) is 5.82 Å². The highest BCUT2D eigenvalue weighted by atomic mass is 32.1. The molecule has 31 heavy (non-hydrogen) atoms. The molecule has 0 bridgehead atoms. The zero-order chi connectivity index (χ0) is 21.0. The number of carbonyl (C=O) groups is 1. The maximum atomic E-state index is 12.1. The van der Waals surface area contributed by atoms with E-state index in [-0.39, 0.29) is 5.91 Å². The lowest BCUT2D eigenvalue weighted by Crippen LogP contribution is -2.47. The number of benzene rings is 2. The van der Waals surface area contributed by atoms with Crippen molar-refractivity contribution < 1.29 is 4.79 Å². The molecular formula is C25H28N4OS. The van der Waals surface area contributed by atoms with Crippen LogP contribution in [0.5, 0.6) is 0 Å². The molecule has 1 saturated heterocycles. The summed E-state index contributed by atoms with van der Waals surface area (Å²) in [6.07, 6.45) is 4.72. The molecule has 5 rings (SSSR count). The number of fused-ring (bicyclic) bond motifs is 1. The number of amides is 1. The molecule has 6 heteroatoms. The van der Waals surface area contributed by atoms with E-state index in [2.05, 4.69) is 39.4 Å². The summed E-state index contributed by atoms with van der Waals surface area (Å²) in [5.41, 5.74) is 1.05. The van der Waals surface area contributed by atoms with Crippen LogP contribution < -0.4 is 10.2 Å². The Morgan fingerprint density at radius 1 is 1.03 bits per heavy atom. The lowest BCUT2D eigenvalue weighted by molar-refractivity contribution is -0.116. The zero-order valence-corrected chi connectivity index (χ0v) is 18.4. The molecular weight excluding hydrogens is 404 g/mol. The van der Waals surface area contributed by atoms with Crippen molar-refractivity contribution >= 4 is 39.4 Å². The maximum absolute atomic E-state index is 12.1. The summed E-state index contributed by atoms with van der Waals surface area (Å²) in [4.78, 5) is 17.1. The summed E-state index contributed by atoms with van der Waals surface area (Å²) in [5, 5.41) is 4.34. The monoisotopic (exact) mass is 432 g/mol. The Bertz CT molecular complexity index is 1060. The van der Waals surface area contributed by atoms with E-state index in [1.54, 1.807) is 17.6 Å². The Balaban J connectivity index is 1.03. The molecule has 2 atom stereocenters. The van der Waals surface area contributed by atoms with Crippen LogP contribution in [0, 0.1) is 11.8 Å². The van der Waals surface area contributed by atoms with Crippen molar-refractivity contribution in [1.29, 1.82) is 0 Å². The fourth-order valence-corrected chi connectivity index (χ4v) is 5.18. The van der Waals surface area contributed by atoms with Gasteiger partial charge in [0.25, 0.3) is 0 Å². The Morgan fingerprint density at radius 3 is 2.65 bits per heavy atom. The van der Waals surface area contributed by atoms with Crippen LogP contribution >= 0.6 is 11.5 Å². The first kappa shape index (κ1) is 20.2. The van der Waals surface area contributed by atoms with E-state index >= 15 is 0 Å². The molecule has 2 aliphatic rings. The Morgan fingerprint density at radius 2 is 1.81 bits per heavy atom. The number of rotatable bonds is 7. The lowest BCUT2D eigenvalue weighted by atomic mass is 10.2. The van der Waals surface area contributed by atoms with Gasteiger partial charge in [-0.1, -0.05) is 42.5 Å². The van der Waals surface area contributed by atoms with Crippen molar-refractivity contribution in [3.63, 3.8) is 0 Å². The SMILES string of the molecule is O=C(/C=C/c1ccccc1)NC[C@H]1C[C@@H]1CN1CCN(c2nsc3ccccc23)CC1. The molecule has 1 N–H and O–H groups in total. The molecule has 3 aromatic rings. The smallest absolute Gasteiger partial charge is 0.244 e. The average Bonchev–Trinajstić information content (AvgIpc) is 3.41. The molecule has 2 fully saturated rings. The summed E-state index contributed by atoms with van der Waals surface area (Å²) < 4.78 is 5.97. The number of anilines is 1. The van der Waals surface area contributed by atoms with Crippen molar-refractivity contribution in [3.8, 4) is 0 Å². The zero-order valence-electron chi connectivity index (χ0n) is 17.6. The highest BCUT2D eigenvalue weighted by molar-refractivity contribution is 7.13. The number of carbonyl (C=O) groups excluding carboxylic acids is 1. The normalized spacial score (nSPS) is 21.6. The van der Waals surface area contributed by atoms with Crippen LogP contribution in [0.1, 0.15) is 12.0 Å². The number of piperazine rings is 1. The molecule has 2 heterocycles. The molecule has 1 aliphatic heterocycles. The Kier molecular flexibility index (Phi) is 6.00. The summed E-state index contributed by atoms with van der Waals surface area (Å²) in [5.74, 6) is 2.48. The number of nitrogens with one attached hydrogen (secondary N) is 1. The van der Waals surface area contributed by atoms with Crippen molar-refractivity contribution in [2.75, 3.05) is 44.2 Å². The number of hydrogen-bond acceptors (Lipinski definition) is 5. The first-order valence-electron chi connectivity index (χ1n) is 11.1. The van der Waals surface area contributed by atoms with Gasteiger partial charge in [0.15, 0.2) is 0 Å². The maximum Gasteiger partial charge on any atom is 0.244 e. The topological polar surface area (TPSA) is 48.5 Å². The minimum atomic E-state index is -0.00129. The third kappa shape index (κ3) is 4.97. The van der Waals surface area contributed by atoms with Gasteiger partial charge in [-0.2, -0.15) is 4.37 Å². The molecule has 160 valence electrons. The molecule has 0 unspecified atom stereocenters. The second-order valence-corrected chi connectivity index (χ2v) is 9.34. The van der Waals surface area contributed by atoms with Gasteiger partial charge >= 0.3 is 0 Å². The quantitative estimate of drug-likeness (QED) is 0.576. The highest BCUT2D eigenvalue weighted by Gasteiger charge is 2.38. The summed E-state index contributed by atoms with van der Waals surface area (Å²) in [7, 11) is 0. The standard InChI is InChI=1S/C25H28N4OS/c30-24(11-10-19-6-2-1-3-7-19)26-17-20-16-21(20)18-28-12-14-29(15-13-28)25-22-8-4-5-9-23(22)31-27-25/h1-11,20-21H,12-18H2,(H,26,30)/b11-10+/t20-,21-/m1/s1. The van der Waals surface area contributed by atoms with Crippen molar-refractivity contribution in [3.05, 3.63) is 66.2 Å². The van der Waals surface area contributed by atoms with E-state index in [0.717, 1.165) is 50.6 Å². The van der Waals surface area contributed by atoms with E-state index in [0.29, 0.717) is 11.8 Å². The molecule has 1 aromatic heterocycles. The van der Waals surface area contributed by atoms with E-state index < -0.39 is 0 Å². The second kappa shape index (κ2) is 9.20. The van der Waals surface area contributed by atoms with Gasteiger partial charge in [0.05, 0.1) is 4.70 Å². The molecule has 1 saturated carbocycles. The number of nitrogens with zero attached hydrogens (tertiary/aromatic N) is 3. The minimum absolute atomic E-state index is 0.00129. The average molecular weight is 433 g/mol. The predicted molar refractivity (Wildman–Crippen MR) is 128 cm³/mol. The minimum Gasteiger partial charge on any atom is -0.353 e. The van der Waals surface area contributed by atoms with Gasteiger partial charge in [0.2, 0.25) is 5.91 Å². The van der Waals surface area contributed by atoms with Crippen LogP contribution in [0.2, 0.25) is 0 Å². The first-order chi connectivity index (χ1) is 15.3. The molecule has 0 radical (unpaired) electrons. The van der Waals surface area contributed by atoms with E-state index in [1.807, 2.05) is 36.4 Å². The highest BCUT2D eigenvalue weighted by Crippen LogP contribution is 2.39. The van der Waals surface area contributed by atoms with Crippen LogP contribution in [0.3, 0.4) is 0 Å². The van der Waals surface area contributed by atoms with E-state index in [9.17, 15) is 4.79 Å². The third-order valence-electron chi connectivity index (χ3n) is 6.36.